The second kappa shape index (κ2) is 4.16. The third kappa shape index (κ3) is 2.13. The first-order valence-corrected chi connectivity index (χ1v) is 6.19. The molecule has 0 aliphatic carbocycles. The van der Waals surface area contributed by atoms with E-state index in [1.807, 2.05) is 13.0 Å². The zero-order valence-electron chi connectivity index (χ0n) is 11.6. The molecule has 3 heteroatoms. The summed E-state index contributed by atoms with van der Waals surface area (Å²) in [6.07, 6.45) is 2.20. The predicted octanol–water partition coefficient (Wildman–Crippen LogP) is 2.96. The number of anilines is 1. The highest BCUT2D eigenvalue weighted by Gasteiger charge is 2.26. The molecule has 1 amide bonds. The quantitative estimate of drug-likeness (QED) is 0.797. The van der Waals surface area contributed by atoms with Gasteiger partial charge in [0.15, 0.2) is 0 Å². The van der Waals surface area contributed by atoms with E-state index in [4.69, 9.17) is 0 Å². The summed E-state index contributed by atoms with van der Waals surface area (Å²) in [7, 11) is 1.66. The largest absolute Gasteiger partial charge is 0.376 e. The Hall–Kier alpha value is -1.77. The number of allylic oxidation sites excluding steroid dienone is 1. The van der Waals surface area contributed by atoms with E-state index < -0.39 is 0 Å². The first kappa shape index (κ1) is 12.7. The Labute approximate surface area is 108 Å². The molecule has 1 aromatic carbocycles. The maximum atomic E-state index is 12.0. The average Bonchev–Trinajstić information content (AvgIpc) is 2.27. The first-order chi connectivity index (χ1) is 8.34. The fourth-order valence-corrected chi connectivity index (χ4v) is 2.52. The SMILES string of the molecule is CNC(=O)c1cc(C)cc2c1NC(C)(C)C=C2C. The van der Waals surface area contributed by atoms with E-state index in [0.29, 0.717) is 5.56 Å². The second-order valence-corrected chi connectivity index (χ2v) is 5.49. The van der Waals surface area contributed by atoms with Gasteiger partial charge in [-0.1, -0.05) is 6.08 Å². The third-order valence-corrected chi connectivity index (χ3v) is 3.20. The molecule has 0 unspecified atom stereocenters. The lowest BCUT2D eigenvalue weighted by Crippen LogP contribution is -2.33. The highest BCUT2D eigenvalue weighted by Crippen LogP contribution is 2.36. The summed E-state index contributed by atoms with van der Waals surface area (Å²) in [6, 6.07) is 4.05. The lowest BCUT2D eigenvalue weighted by Gasteiger charge is -2.33. The topological polar surface area (TPSA) is 41.1 Å². The maximum Gasteiger partial charge on any atom is 0.253 e. The number of carbonyl (C=O) groups excluding carboxylic acids is 1. The molecule has 1 heterocycles. The van der Waals surface area contributed by atoms with Crippen molar-refractivity contribution < 1.29 is 4.79 Å². The number of hydrogen-bond acceptors (Lipinski definition) is 2. The van der Waals surface area contributed by atoms with Crippen molar-refractivity contribution in [2.24, 2.45) is 0 Å². The van der Waals surface area contributed by atoms with Gasteiger partial charge >= 0.3 is 0 Å². The normalized spacial score (nSPS) is 16.4. The van der Waals surface area contributed by atoms with Gasteiger partial charge in [-0.3, -0.25) is 4.79 Å². The van der Waals surface area contributed by atoms with Gasteiger partial charge in [0.2, 0.25) is 0 Å². The molecule has 2 N–H and O–H groups in total. The van der Waals surface area contributed by atoms with E-state index in [1.165, 1.54) is 5.57 Å². The summed E-state index contributed by atoms with van der Waals surface area (Å²) in [5.74, 6) is -0.0482. The lowest BCUT2D eigenvalue weighted by molar-refractivity contribution is 0.0963. The molecule has 0 spiro atoms. The highest BCUT2D eigenvalue weighted by molar-refractivity contribution is 6.03. The van der Waals surface area contributed by atoms with E-state index in [1.54, 1.807) is 7.05 Å². The molecule has 0 bridgehead atoms. The van der Waals surface area contributed by atoms with Crippen LogP contribution < -0.4 is 10.6 Å². The molecule has 0 radical (unpaired) electrons. The molecule has 0 saturated carbocycles. The molecule has 0 fully saturated rings. The van der Waals surface area contributed by atoms with Gasteiger partial charge in [-0.2, -0.15) is 0 Å². The summed E-state index contributed by atoms with van der Waals surface area (Å²) in [4.78, 5) is 12.0. The van der Waals surface area contributed by atoms with Crippen molar-refractivity contribution in [3.05, 3.63) is 34.9 Å². The third-order valence-electron chi connectivity index (χ3n) is 3.20. The number of hydrogen-bond donors (Lipinski definition) is 2. The van der Waals surface area contributed by atoms with Crippen LogP contribution in [0, 0.1) is 6.92 Å². The first-order valence-electron chi connectivity index (χ1n) is 6.19. The monoisotopic (exact) mass is 244 g/mol. The molecule has 1 aliphatic rings. The molecule has 0 saturated heterocycles. The Bertz CT molecular complexity index is 542. The van der Waals surface area contributed by atoms with Gasteiger partial charge in [0, 0.05) is 12.6 Å². The molecule has 2 rings (SSSR count). The van der Waals surface area contributed by atoms with Crippen LogP contribution in [0.2, 0.25) is 0 Å². The minimum atomic E-state index is -0.130. The number of carbonyl (C=O) groups is 1. The fourth-order valence-electron chi connectivity index (χ4n) is 2.52. The van der Waals surface area contributed by atoms with Crippen molar-refractivity contribution in [3.8, 4) is 0 Å². The van der Waals surface area contributed by atoms with Crippen molar-refractivity contribution >= 4 is 17.2 Å². The smallest absolute Gasteiger partial charge is 0.253 e. The van der Waals surface area contributed by atoms with Crippen molar-refractivity contribution in [3.63, 3.8) is 0 Å². The Morgan fingerprint density at radius 2 is 1.94 bits per heavy atom. The number of amides is 1. The van der Waals surface area contributed by atoms with Crippen molar-refractivity contribution in [2.75, 3.05) is 12.4 Å². The minimum absolute atomic E-state index is 0.0482. The number of nitrogens with one attached hydrogen (secondary N) is 2. The number of rotatable bonds is 1. The van der Waals surface area contributed by atoms with Crippen molar-refractivity contribution in [2.45, 2.75) is 33.2 Å². The number of fused-ring (bicyclic) bond motifs is 1. The van der Waals surface area contributed by atoms with Crippen LogP contribution in [0.25, 0.3) is 5.57 Å². The van der Waals surface area contributed by atoms with Crippen LogP contribution in [0.15, 0.2) is 18.2 Å². The molecule has 1 aromatic rings. The molecule has 0 aromatic heterocycles. The Kier molecular flexibility index (Phi) is 2.93. The van der Waals surface area contributed by atoms with Gasteiger partial charge in [0.05, 0.1) is 16.8 Å². The summed E-state index contributed by atoms with van der Waals surface area (Å²) >= 11 is 0. The van der Waals surface area contributed by atoms with Crippen LogP contribution in [-0.4, -0.2) is 18.5 Å². The zero-order chi connectivity index (χ0) is 13.5. The zero-order valence-corrected chi connectivity index (χ0v) is 11.6. The molecule has 0 atom stereocenters. The maximum absolute atomic E-state index is 12.0. The molecular formula is C15H20N2O. The van der Waals surface area contributed by atoms with Crippen LogP contribution in [0.5, 0.6) is 0 Å². The Morgan fingerprint density at radius 3 is 2.56 bits per heavy atom. The average molecular weight is 244 g/mol. The van der Waals surface area contributed by atoms with Gasteiger partial charge < -0.3 is 10.6 Å². The summed E-state index contributed by atoms with van der Waals surface area (Å²) in [5, 5.41) is 6.14. The molecular weight excluding hydrogens is 224 g/mol. The van der Waals surface area contributed by atoms with E-state index in [-0.39, 0.29) is 11.4 Å². The Morgan fingerprint density at radius 1 is 1.28 bits per heavy atom. The van der Waals surface area contributed by atoms with E-state index >= 15 is 0 Å². The van der Waals surface area contributed by atoms with Crippen molar-refractivity contribution in [1.29, 1.82) is 0 Å². The molecule has 1 aliphatic heterocycles. The van der Waals surface area contributed by atoms with E-state index in [2.05, 4.69) is 43.5 Å². The van der Waals surface area contributed by atoms with Crippen LogP contribution >= 0.6 is 0 Å². The molecule has 3 nitrogen and oxygen atoms in total. The standard InChI is InChI=1S/C15H20N2O/c1-9-6-11-10(2)8-15(3,4)17-13(11)12(7-9)14(18)16-5/h6-8,17H,1-5H3,(H,16,18). The van der Waals surface area contributed by atoms with Gasteiger partial charge in [-0.25, -0.2) is 0 Å². The fraction of sp³-hybridized carbons (Fsp3) is 0.400. The number of benzene rings is 1. The molecule has 18 heavy (non-hydrogen) atoms. The van der Waals surface area contributed by atoms with E-state index in [0.717, 1.165) is 16.8 Å². The molecule has 96 valence electrons. The van der Waals surface area contributed by atoms with Crippen LogP contribution in [0.1, 0.15) is 42.3 Å². The van der Waals surface area contributed by atoms with E-state index in [9.17, 15) is 4.79 Å². The van der Waals surface area contributed by atoms with Gasteiger partial charge in [-0.05, 0) is 51.0 Å². The summed E-state index contributed by atoms with van der Waals surface area (Å²) in [6.45, 7) is 8.31. The highest BCUT2D eigenvalue weighted by atomic mass is 16.1. The van der Waals surface area contributed by atoms with Crippen molar-refractivity contribution in [1.82, 2.24) is 5.32 Å². The summed E-state index contributed by atoms with van der Waals surface area (Å²) in [5.41, 5.74) is 4.95. The van der Waals surface area contributed by atoms with Gasteiger partial charge in [0.1, 0.15) is 0 Å². The lowest BCUT2D eigenvalue weighted by atomic mass is 9.88. The predicted molar refractivity (Wildman–Crippen MR) is 75.9 cm³/mol. The Balaban J connectivity index is 2.67. The second-order valence-electron chi connectivity index (χ2n) is 5.49. The summed E-state index contributed by atoms with van der Waals surface area (Å²) < 4.78 is 0. The minimum Gasteiger partial charge on any atom is -0.376 e. The van der Waals surface area contributed by atoms with Gasteiger partial charge in [0.25, 0.3) is 5.91 Å². The van der Waals surface area contributed by atoms with Crippen LogP contribution in [0.4, 0.5) is 5.69 Å². The van der Waals surface area contributed by atoms with Crippen LogP contribution in [-0.2, 0) is 0 Å². The van der Waals surface area contributed by atoms with Gasteiger partial charge in [-0.15, -0.1) is 0 Å². The number of aryl methyl sites for hydroxylation is 1. The van der Waals surface area contributed by atoms with Crippen LogP contribution in [0.3, 0.4) is 0 Å².